The van der Waals surface area contributed by atoms with Crippen LogP contribution in [0.5, 0.6) is 0 Å². The lowest BCUT2D eigenvalue weighted by Crippen LogP contribution is -2.49. The van der Waals surface area contributed by atoms with Crippen molar-refractivity contribution in [3.8, 4) is 0 Å². The third-order valence-electron chi connectivity index (χ3n) is 7.69. The molecule has 7 nitrogen and oxygen atoms in total. The number of fused-ring (bicyclic) bond motifs is 2. The molecule has 3 heterocycles. The first kappa shape index (κ1) is 29.3. The van der Waals surface area contributed by atoms with E-state index in [1.807, 2.05) is 0 Å². The summed E-state index contributed by atoms with van der Waals surface area (Å²) in [5.41, 5.74) is 0.385. The summed E-state index contributed by atoms with van der Waals surface area (Å²) in [7, 11) is 0. The Hall–Kier alpha value is -0.280. The van der Waals surface area contributed by atoms with Gasteiger partial charge >= 0.3 is 0 Å². The van der Waals surface area contributed by atoms with Crippen LogP contribution in [-0.4, -0.2) is 136 Å². The van der Waals surface area contributed by atoms with Crippen molar-refractivity contribution in [2.75, 3.05) is 98.5 Å². The highest BCUT2D eigenvalue weighted by Crippen LogP contribution is 2.30. The second-order valence-electron chi connectivity index (χ2n) is 13.1. The number of hydrogen-bond donors (Lipinski definition) is 0. The lowest BCUT2D eigenvalue weighted by atomic mass is 9.91. The monoisotopic (exact) mass is 496 g/mol. The van der Waals surface area contributed by atoms with Gasteiger partial charge in [0.15, 0.2) is 0 Å². The molecule has 7 heteroatoms. The van der Waals surface area contributed by atoms with Crippen LogP contribution in [0.4, 0.5) is 0 Å². The zero-order chi connectivity index (χ0) is 25.3. The van der Waals surface area contributed by atoms with E-state index in [-0.39, 0.29) is 5.60 Å². The molecule has 0 saturated carbocycles. The molecule has 206 valence electrons. The Morgan fingerprint density at radius 2 is 1.11 bits per heavy atom. The molecule has 0 unspecified atom stereocenters. The fourth-order valence-corrected chi connectivity index (χ4v) is 5.56. The highest BCUT2D eigenvalue weighted by Gasteiger charge is 2.42. The number of likely N-dealkylation sites (tertiary alicyclic amines) is 2. The molecule has 0 radical (unpaired) electrons. The minimum Gasteiger partial charge on any atom is -0.380 e. The van der Waals surface area contributed by atoms with Gasteiger partial charge in [0.25, 0.3) is 0 Å². The zero-order valence-electron chi connectivity index (χ0n) is 23.9. The molecule has 0 aromatic heterocycles. The standard InChI is InChI=1S/C28H56N4O3/c1-27(2,3)8-7-17-33-19-15-31-23-26-22-25(31)24-32(26)16-20-34-18-13-29-9-11-30(12-10-29)14-21-35-28(4,5)6/h25-26H,7-24H2,1-6H3/t25-,26-/m0/s1. The molecule has 0 aromatic carbocycles. The molecule has 0 aliphatic carbocycles. The maximum Gasteiger partial charge on any atom is 0.0600 e. The van der Waals surface area contributed by atoms with Crippen molar-refractivity contribution in [2.24, 2.45) is 5.41 Å². The first-order valence-corrected chi connectivity index (χ1v) is 14.3. The van der Waals surface area contributed by atoms with Crippen molar-refractivity contribution in [2.45, 2.75) is 78.5 Å². The topological polar surface area (TPSA) is 40.7 Å². The molecule has 3 saturated heterocycles. The van der Waals surface area contributed by atoms with Crippen molar-refractivity contribution >= 4 is 0 Å². The van der Waals surface area contributed by atoms with E-state index < -0.39 is 0 Å². The normalized spacial score (nSPS) is 25.2. The molecule has 0 spiro atoms. The Morgan fingerprint density at radius 1 is 0.629 bits per heavy atom. The molecule has 3 fully saturated rings. The van der Waals surface area contributed by atoms with E-state index in [1.165, 1.54) is 32.4 Å². The van der Waals surface area contributed by atoms with Gasteiger partial charge in [-0.25, -0.2) is 0 Å². The maximum absolute atomic E-state index is 6.04. The SMILES string of the molecule is CC(C)(C)CCCOCCN1C[C@@H]2C[C@H]1CN2CCOCCN1CCN(CCOC(C)(C)C)CC1. The quantitative estimate of drug-likeness (QED) is 0.323. The minimum absolute atomic E-state index is 0.0340. The summed E-state index contributed by atoms with van der Waals surface area (Å²) < 4.78 is 17.8. The maximum atomic E-state index is 6.04. The Bertz CT molecular complexity index is 584. The molecule has 0 amide bonds. The minimum atomic E-state index is -0.0340. The Balaban J connectivity index is 1.14. The Kier molecular flexibility index (Phi) is 11.7. The van der Waals surface area contributed by atoms with Gasteiger partial charge in [-0.05, 0) is 45.4 Å². The van der Waals surface area contributed by atoms with Gasteiger partial charge in [0.2, 0.25) is 0 Å². The van der Waals surface area contributed by atoms with Crippen LogP contribution in [0.3, 0.4) is 0 Å². The third-order valence-corrected chi connectivity index (χ3v) is 7.69. The van der Waals surface area contributed by atoms with Gasteiger partial charge in [-0.3, -0.25) is 19.6 Å². The van der Waals surface area contributed by atoms with Crippen LogP contribution < -0.4 is 0 Å². The predicted molar refractivity (Wildman–Crippen MR) is 144 cm³/mol. The molecule has 0 N–H and O–H groups in total. The summed E-state index contributed by atoms with van der Waals surface area (Å²) in [4.78, 5) is 10.4. The van der Waals surface area contributed by atoms with Crippen LogP contribution in [0.15, 0.2) is 0 Å². The van der Waals surface area contributed by atoms with Gasteiger partial charge in [-0.15, -0.1) is 0 Å². The van der Waals surface area contributed by atoms with Gasteiger partial charge < -0.3 is 14.2 Å². The summed E-state index contributed by atoms with van der Waals surface area (Å²) in [6, 6.07) is 1.45. The molecule has 35 heavy (non-hydrogen) atoms. The highest BCUT2D eigenvalue weighted by atomic mass is 16.5. The summed E-state index contributed by atoms with van der Waals surface area (Å²) in [6.07, 6.45) is 3.74. The molecule has 0 aromatic rings. The summed E-state index contributed by atoms with van der Waals surface area (Å²) >= 11 is 0. The average molecular weight is 497 g/mol. The van der Waals surface area contributed by atoms with Gasteiger partial charge in [-0.1, -0.05) is 20.8 Å². The van der Waals surface area contributed by atoms with E-state index in [0.29, 0.717) is 5.41 Å². The first-order valence-electron chi connectivity index (χ1n) is 14.3. The van der Waals surface area contributed by atoms with Crippen molar-refractivity contribution in [3.05, 3.63) is 0 Å². The average Bonchev–Trinajstić information content (AvgIpc) is 3.35. The van der Waals surface area contributed by atoms with E-state index in [1.54, 1.807) is 0 Å². The summed E-state index contributed by atoms with van der Waals surface area (Å²) in [5, 5.41) is 0. The van der Waals surface area contributed by atoms with E-state index >= 15 is 0 Å². The second kappa shape index (κ2) is 14.0. The fourth-order valence-electron chi connectivity index (χ4n) is 5.56. The zero-order valence-corrected chi connectivity index (χ0v) is 23.9. The van der Waals surface area contributed by atoms with E-state index in [4.69, 9.17) is 14.2 Å². The molecule has 2 bridgehead atoms. The summed E-state index contributed by atoms with van der Waals surface area (Å²) in [5.74, 6) is 0. The molecule has 3 aliphatic rings. The summed E-state index contributed by atoms with van der Waals surface area (Å²) in [6.45, 7) is 28.9. The lowest BCUT2D eigenvalue weighted by Gasteiger charge is -2.35. The van der Waals surface area contributed by atoms with Gasteiger partial charge in [-0.2, -0.15) is 0 Å². The van der Waals surface area contributed by atoms with Gasteiger partial charge in [0, 0.05) is 84.1 Å². The number of rotatable bonds is 15. The van der Waals surface area contributed by atoms with Crippen molar-refractivity contribution < 1.29 is 14.2 Å². The van der Waals surface area contributed by atoms with Crippen molar-refractivity contribution in [1.82, 2.24) is 19.6 Å². The molecular formula is C28H56N4O3. The molecule has 3 aliphatic heterocycles. The Labute approximate surface area is 216 Å². The molecule has 2 atom stereocenters. The van der Waals surface area contributed by atoms with Crippen LogP contribution in [0, 0.1) is 5.41 Å². The van der Waals surface area contributed by atoms with E-state index in [0.717, 1.165) is 97.5 Å². The molecular weight excluding hydrogens is 440 g/mol. The van der Waals surface area contributed by atoms with Crippen LogP contribution in [0.1, 0.15) is 60.8 Å². The Morgan fingerprint density at radius 3 is 1.60 bits per heavy atom. The predicted octanol–water partition coefficient (Wildman–Crippen LogP) is 3.04. The van der Waals surface area contributed by atoms with Crippen molar-refractivity contribution in [3.63, 3.8) is 0 Å². The number of nitrogens with zero attached hydrogens (tertiary/aromatic N) is 4. The van der Waals surface area contributed by atoms with Crippen LogP contribution in [0.2, 0.25) is 0 Å². The fraction of sp³-hybridized carbons (Fsp3) is 1.00. The second-order valence-corrected chi connectivity index (χ2v) is 13.1. The first-order chi connectivity index (χ1) is 16.6. The number of piperazine rings is 2. The number of ether oxygens (including phenoxy) is 3. The van der Waals surface area contributed by atoms with Gasteiger partial charge in [0.1, 0.15) is 0 Å². The van der Waals surface area contributed by atoms with Crippen molar-refractivity contribution in [1.29, 1.82) is 0 Å². The van der Waals surface area contributed by atoms with Crippen LogP contribution in [0.25, 0.3) is 0 Å². The van der Waals surface area contributed by atoms with E-state index in [2.05, 4.69) is 61.1 Å². The molecule has 3 rings (SSSR count). The third kappa shape index (κ3) is 11.3. The number of hydrogen-bond acceptors (Lipinski definition) is 7. The highest BCUT2D eigenvalue weighted by molar-refractivity contribution is 4.99. The largest absolute Gasteiger partial charge is 0.380 e. The van der Waals surface area contributed by atoms with Crippen LogP contribution >= 0.6 is 0 Å². The van der Waals surface area contributed by atoms with Crippen LogP contribution in [-0.2, 0) is 14.2 Å². The van der Waals surface area contributed by atoms with E-state index in [9.17, 15) is 0 Å². The smallest absolute Gasteiger partial charge is 0.0600 e. The van der Waals surface area contributed by atoms with Gasteiger partial charge in [0.05, 0.1) is 32.0 Å². The lowest BCUT2D eigenvalue weighted by molar-refractivity contribution is -0.0190.